The number of fused-ring (bicyclic) bond motifs is 1. The number of thiazole rings is 1. The van der Waals surface area contributed by atoms with Crippen molar-refractivity contribution in [2.45, 2.75) is 45.3 Å². The molecule has 0 spiro atoms. The van der Waals surface area contributed by atoms with Crippen LogP contribution in [0.2, 0.25) is 0 Å². The van der Waals surface area contributed by atoms with Crippen molar-refractivity contribution in [3.05, 3.63) is 64.7 Å². The molecule has 0 amide bonds. The Kier molecular flexibility index (Phi) is 4.51. The number of rotatable bonds is 4. The van der Waals surface area contributed by atoms with Gasteiger partial charge < -0.3 is 4.90 Å². The van der Waals surface area contributed by atoms with Gasteiger partial charge in [-0.2, -0.15) is 0 Å². The van der Waals surface area contributed by atoms with Crippen LogP contribution in [0.5, 0.6) is 0 Å². The Balaban J connectivity index is 1.65. The Morgan fingerprint density at radius 2 is 2.07 bits per heavy atom. The van der Waals surface area contributed by atoms with Crippen molar-refractivity contribution < 1.29 is 0 Å². The van der Waals surface area contributed by atoms with Crippen LogP contribution in [0.4, 0.5) is 0 Å². The van der Waals surface area contributed by atoms with Crippen molar-refractivity contribution in [1.29, 1.82) is 0 Å². The molecule has 0 aromatic carbocycles. The van der Waals surface area contributed by atoms with Gasteiger partial charge in [-0.1, -0.05) is 24.8 Å². The highest BCUT2D eigenvalue weighted by atomic mass is 32.2. The van der Waals surface area contributed by atoms with Crippen LogP contribution in [0, 0.1) is 13.8 Å². The molecular formula is C21H23N5S2. The largest absolute Gasteiger partial charge is 0.338 e. The van der Waals surface area contributed by atoms with Gasteiger partial charge in [-0.3, -0.25) is 14.5 Å². The first-order valence-electron chi connectivity index (χ1n) is 9.67. The maximum Gasteiger partial charge on any atom is 0.193 e. The number of pyridine rings is 1. The van der Waals surface area contributed by atoms with E-state index in [4.69, 9.17) is 4.99 Å². The lowest BCUT2D eigenvalue weighted by molar-refractivity contribution is 0.254. The van der Waals surface area contributed by atoms with Crippen LogP contribution < -0.4 is 0 Å². The molecule has 2 aliphatic heterocycles. The lowest BCUT2D eigenvalue weighted by Gasteiger charge is -2.31. The number of thioether (sulfide) groups is 1. The van der Waals surface area contributed by atoms with E-state index in [2.05, 4.69) is 58.4 Å². The van der Waals surface area contributed by atoms with E-state index in [0.29, 0.717) is 6.04 Å². The van der Waals surface area contributed by atoms with Crippen LogP contribution >= 0.6 is 23.1 Å². The molecule has 5 rings (SSSR count). The highest BCUT2D eigenvalue weighted by Gasteiger charge is 2.46. The number of nitrogens with zero attached hydrogens (tertiary/aromatic N) is 5. The van der Waals surface area contributed by atoms with Crippen LogP contribution in [0.3, 0.4) is 0 Å². The zero-order valence-electron chi connectivity index (χ0n) is 16.2. The van der Waals surface area contributed by atoms with Crippen molar-refractivity contribution in [2.75, 3.05) is 5.75 Å². The molecule has 144 valence electrons. The van der Waals surface area contributed by atoms with Gasteiger partial charge in [0.2, 0.25) is 0 Å². The third-order valence-corrected chi connectivity index (χ3v) is 7.61. The van der Waals surface area contributed by atoms with Gasteiger partial charge in [-0.05, 0) is 44.0 Å². The van der Waals surface area contributed by atoms with Crippen LogP contribution in [0.25, 0.3) is 5.13 Å². The Labute approximate surface area is 173 Å². The van der Waals surface area contributed by atoms with E-state index in [0.717, 1.165) is 23.0 Å². The van der Waals surface area contributed by atoms with Gasteiger partial charge in [-0.25, -0.2) is 4.98 Å². The minimum absolute atomic E-state index is 0.0308. The molecule has 5 nitrogen and oxygen atoms in total. The van der Waals surface area contributed by atoms with Crippen LogP contribution in [-0.2, 0) is 0 Å². The van der Waals surface area contributed by atoms with E-state index < -0.39 is 0 Å². The number of aryl methyl sites for hydroxylation is 1. The first-order valence-corrected chi connectivity index (χ1v) is 11.5. The molecule has 1 fully saturated rings. The van der Waals surface area contributed by atoms with Crippen molar-refractivity contribution >= 4 is 28.3 Å². The maximum atomic E-state index is 5.14. The second-order valence-electron chi connectivity index (χ2n) is 7.31. The van der Waals surface area contributed by atoms with Gasteiger partial charge in [0.25, 0.3) is 0 Å². The molecule has 0 saturated carbocycles. The van der Waals surface area contributed by atoms with Gasteiger partial charge in [0.05, 0.1) is 11.7 Å². The molecule has 0 N–H and O–H groups in total. The molecule has 2 aliphatic rings. The van der Waals surface area contributed by atoms with E-state index in [1.807, 2.05) is 35.6 Å². The Morgan fingerprint density at radius 3 is 2.79 bits per heavy atom. The second kappa shape index (κ2) is 7.04. The molecule has 1 saturated heterocycles. The van der Waals surface area contributed by atoms with E-state index in [9.17, 15) is 0 Å². The molecular weight excluding hydrogens is 386 g/mol. The summed E-state index contributed by atoms with van der Waals surface area (Å²) in [6.45, 7) is 6.65. The van der Waals surface area contributed by atoms with Crippen molar-refractivity contribution in [3.63, 3.8) is 0 Å². The minimum Gasteiger partial charge on any atom is -0.338 e. The second-order valence-corrected chi connectivity index (χ2v) is 9.17. The number of aliphatic imine (C=N–C) groups is 1. The van der Waals surface area contributed by atoms with E-state index in [-0.39, 0.29) is 12.1 Å². The predicted molar refractivity (Wildman–Crippen MR) is 116 cm³/mol. The molecule has 0 radical (unpaired) electrons. The summed E-state index contributed by atoms with van der Waals surface area (Å²) < 4.78 is 2.28. The van der Waals surface area contributed by atoms with Gasteiger partial charge in [0.15, 0.2) is 10.3 Å². The summed E-state index contributed by atoms with van der Waals surface area (Å²) in [5.41, 5.74) is 4.85. The van der Waals surface area contributed by atoms with Crippen LogP contribution in [0.1, 0.15) is 48.1 Å². The van der Waals surface area contributed by atoms with E-state index in [1.54, 1.807) is 11.3 Å². The topological polar surface area (TPSA) is 46.3 Å². The van der Waals surface area contributed by atoms with Crippen LogP contribution in [0.15, 0.2) is 47.0 Å². The van der Waals surface area contributed by atoms with Gasteiger partial charge in [0.1, 0.15) is 6.04 Å². The zero-order chi connectivity index (χ0) is 19.3. The third-order valence-electron chi connectivity index (χ3n) is 5.73. The van der Waals surface area contributed by atoms with Gasteiger partial charge >= 0.3 is 0 Å². The zero-order valence-corrected chi connectivity index (χ0v) is 17.9. The molecule has 28 heavy (non-hydrogen) atoms. The minimum atomic E-state index is 0.0308. The summed E-state index contributed by atoms with van der Waals surface area (Å²) in [5, 5.41) is 4.23. The molecule has 0 aliphatic carbocycles. The SMILES string of the molecule is CC[C@@H]1CSC2=N[C@@H](c3ccccn3)[C@H](c3cc(C)n(-c4nccs4)c3C)N21. The molecule has 3 atom stereocenters. The van der Waals surface area contributed by atoms with E-state index >= 15 is 0 Å². The van der Waals surface area contributed by atoms with Crippen molar-refractivity contribution in [2.24, 2.45) is 4.99 Å². The smallest absolute Gasteiger partial charge is 0.193 e. The summed E-state index contributed by atoms with van der Waals surface area (Å²) in [7, 11) is 0. The molecule has 5 heterocycles. The normalized spacial score (nSPS) is 23.9. The molecule has 3 aromatic rings. The first kappa shape index (κ1) is 17.9. The summed E-state index contributed by atoms with van der Waals surface area (Å²) in [5.74, 6) is 1.12. The summed E-state index contributed by atoms with van der Waals surface area (Å²) >= 11 is 3.56. The molecule has 0 unspecified atom stereocenters. The fourth-order valence-corrected chi connectivity index (χ4v) is 6.48. The lowest BCUT2D eigenvalue weighted by atomic mass is 9.95. The number of hydrogen-bond donors (Lipinski definition) is 0. The Bertz CT molecular complexity index is 1010. The summed E-state index contributed by atoms with van der Waals surface area (Å²) in [4.78, 5) is 16.9. The Hall–Kier alpha value is -2.12. The highest BCUT2D eigenvalue weighted by Crippen LogP contribution is 2.49. The summed E-state index contributed by atoms with van der Waals surface area (Å²) in [6.07, 6.45) is 4.87. The van der Waals surface area contributed by atoms with Gasteiger partial charge in [-0.15, -0.1) is 11.3 Å². The highest BCUT2D eigenvalue weighted by molar-refractivity contribution is 8.14. The van der Waals surface area contributed by atoms with E-state index in [1.165, 1.54) is 22.1 Å². The quantitative estimate of drug-likeness (QED) is 0.613. The number of aromatic nitrogens is 3. The average molecular weight is 410 g/mol. The van der Waals surface area contributed by atoms with Crippen molar-refractivity contribution in [1.82, 2.24) is 19.4 Å². The Morgan fingerprint density at radius 1 is 1.18 bits per heavy atom. The predicted octanol–water partition coefficient (Wildman–Crippen LogP) is 4.93. The lowest BCUT2D eigenvalue weighted by Crippen LogP contribution is -2.35. The standard InChI is InChI=1S/C21H23N5S2/c1-4-15-12-28-21-24-18(17-7-5-6-8-22-17)19(26(15)21)16-11-13(2)25(14(16)3)20-23-9-10-27-20/h5-11,15,18-19H,4,12H2,1-3H3/t15-,18+,19+/m1/s1. The third kappa shape index (κ3) is 2.71. The van der Waals surface area contributed by atoms with Gasteiger partial charge in [0, 0.05) is 41.0 Å². The molecule has 7 heteroatoms. The first-order chi connectivity index (χ1) is 13.7. The van der Waals surface area contributed by atoms with Crippen molar-refractivity contribution in [3.8, 4) is 5.13 Å². The maximum absolute atomic E-state index is 5.14. The summed E-state index contributed by atoms with van der Waals surface area (Å²) in [6, 6.07) is 9.20. The molecule has 0 bridgehead atoms. The fourth-order valence-electron chi connectivity index (χ4n) is 4.39. The fraction of sp³-hybridized carbons (Fsp3) is 0.381. The van der Waals surface area contributed by atoms with Crippen LogP contribution in [-0.4, -0.2) is 36.4 Å². The monoisotopic (exact) mass is 409 g/mol. The number of hydrogen-bond acceptors (Lipinski definition) is 6. The average Bonchev–Trinajstić information content (AvgIpc) is 3.47. The number of amidine groups is 1. The molecule has 3 aromatic heterocycles.